The molecule has 1 aliphatic heterocycles. The van der Waals surface area contributed by atoms with Gasteiger partial charge in [0.2, 0.25) is 0 Å². The van der Waals surface area contributed by atoms with Gasteiger partial charge < -0.3 is 10.6 Å². The number of fused-ring (bicyclic) bond motifs is 1. The molecule has 1 atom stereocenters. The molecule has 1 fully saturated rings. The van der Waals surface area contributed by atoms with E-state index in [1.165, 1.54) is 18.6 Å². The predicted octanol–water partition coefficient (Wildman–Crippen LogP) is 5.99. The Morgan fingerprint density at radius 2 is 1.94 bits per heavy atom. The van der Waals surface area contributed by atoms with E-state index >= 15 is 0 Å². The van der Waals surface area contributed by atoms with Gasteiger partial charge in [0.05, 0.1) is 17.0 Å². The summed E-state index contributed by atoms with van der Waals surface area (Å²) in [6.07, 6.45) is 3.02. The van der Waals surface area contributed by atoms with E-state index in [0.717, 1.165) is 49.4 Å². The number of hydrogen-bond donors (Lipinski definition) is 2. The standard InChI is InChI=1S/C26H28F3N5/c1-15-20(5-4-6-22(15)26(27,28)29)16(2)32-24-21-11-19(12-31-23(21)33-17(3)34-24)18-7-9-25(10-8-18)13-30-14-25/h4-7,11-12,16,30H,8-10,13-14H2,1-3H3,(H,31,32,33,34)/t16-/m1/s1. The van der Waals surface area contributed by atoms with Gasteiger partial charge >= 0.3 is 6.18 Å². The summed E-state index contributed by atoms with van der Waals surface area (Å²) in [6.45, 7) is 7.32. The van der Waals surface area contributed by atoms with Crippen molar-refractivity contribution < 1.29 is 13.2 Å². The molecule has 2 aromatic heterocycles. The number of anilines is 1. The lowest BCUT2D eigenvalue weighted by molar-refractivity contribution is -0.138. The van der Waals surface area contributed by atoms with Crippen LogP contribution in [0, 0.1) is 19.3 Å². The fourth-order valence-electron chi connectivity index (χ4n) is 5.12. The number of hydrogen-bond acceptors (Lipinski definition) is 5. The minimum absolute atomic E-state index is 0.218. The van der Waals surface area contributed by atoms with Crippen molar-refractivity contribution in [2.24, 2.45) is 5.41 Å². The van der Waals surface area contributed by atoms with Crippen LogP contribution in [-0.4, -0.2) is 28.0 Å². The van der Waals surface area contributed by atoms with Gasteiger partial charge in [-0.05, 0) is 79.8 Å². The van der Waals surface area contributed by atoms with Gasteiger partial charge in [-0.15, -0.1) is 0 Å². The molecule has 0 unspecified atom stereocenters. The first-order chi connectivity index (χ1) is 16.2. The second-order valence-corrected chi connectivity index (χ2v) is 9.64. The van der Waals surface area contributed by atoms with Crippen LogP contribution in [0.1, 0.15) is 60.3 Å². The number of nitrogens with one attached hydrogen (secondary N) is 2. The Kier molecular flexibility index (Phi) is 5.59. The molecule has 1 saturated heterocycles. The van der Waals surface area contributed by atoms with Crippen LogP contribution < -0.4 is 10.6 Å². The van der Waals surface area contributed by atoms with Crippen LogP contribution in [0.4, 0.5) is 19.0 Å². The maximum atomic E-state index is 13.4. The van der Waals surface area contributed by atoms with Crippen LogP contribution >= 0.6 is 0 Å². The Bertz CT molecular complexity index is 1280. The van der Waals surface area contributed by atoms with Crippen molar-refractivity contribution in [1.82, 2.24) is 20.3 Å². The van der Waals surface area contributed by atoms with E-state index in [1.54, 1.807) is 13.0 Å². The number of allylic oxidation sites excluding steroid dienone is 2. The molecule has 5 nitrogen and oxygen atoms in total. The van der Waals surface area contributed by atoms with Crippen LogP contribution in [0.5, 0.6) is 0 Å². The molecule has 0 bridgehead atoms. The number of rotatable bonds is 4. The van der Waals surface area contributed by atoms with E-state index < -0.39 is 11.7 Å². The molecule has 0 radical (unpaired) electrons. The summed E-state index contributed by atoms with van der Waals surface area (Å²) in [5.74, 6) is 1.14. The SMILES string of the molecule is Cc1nc(N[C@H](C)c2cccc(C(F)(F)F)c2C)c2cc(C3=CCC4(CC3)CNC4)cnc2n1. The number of alkyl halides is 3. The topological polar surface area (TPSA) is 62.7 Å². The number of pyridine rings is 1. The molecule has 5 rings (SSSR count). The van der Waals surface area contributed by atoms with Crippen LogP contribution in [0.2, 0.25) is 0 Å². The van der Waals surface area contributed by atoms with Crippen LogP contribution in [0.3, 0.4) is 0 Å². The third-order valence-corrected chi connectivity index (χ3v) is 7.24. The van der Waals surface area contributed by atoms with Gasteiger partial charge in [-0.2, -0.15) is 13.2 Å². The van der Waals surface area contributed by atoms with Crippen molar-refractivity contribution in [2.45, 2.75) is 52.3 Å². The fourth-order valence-corrected chi connectivity index (χ4v) is 5.12. The Labute approximate surface area is 196 Å². The van der Waals surface area contributed by atoms with Crippen molar-refractivity contribution in [1.29, 1.82) is 0 Å². The average molecular weight is 468 g/mol. The third kappa shape index (κ3) is 4.15. The van der Waals surface area contributed by atoms with Gasteiger partial charge in [-0.25, -0.2) is 15.0 Å². The van der Waals surface area contributed by atoms with Crippen LogP contribution in [0.25, 0.3) is 16.6 Å². The smallest absolute Gasteiger partial charge is 0.363 e. The van der Waals surface area contributed by atoms with Crippen molar-refractivity contribution in [2.75, 3.05) is 18.4 Å². The average Bonchev–Trinajstić information content (AvgIpc) is 2.77. The van der Waals surface area contributed by atoms with Crippen molar-refractivity contribution in [3.8, 4) is 0 Å². The Morgan fingerprint density at radius 3 is 2.59 bits per heavy atom. The van der Waals surface area contributed by atoms with E-state index in [9.17, 15) is 13.2 Å². The summed E-state index contributed by atoms with van der Waals surface area (Å²) >= 11 is 0. The van der Waals surface area contributed by atoms with Crippen LogP contribution in [-0.2, 0) is 6.18 Å². The molecule has 178 valence electrons. The van der Waals surface area contributed by atoms with E-state index in [4.69, 9.17) is 0 Å². The quantitative estimate of drug-likeness (QED) is 0.494. The summed E-state index contributed by atoms with van der Waals surface area (Å²) in [5, 5.41) is 7.49. The lowest BCUT2D eigenvalue weighted by atomic mass is 9.70. The van der Waals surface area contributed by atoms with E-state index in [-0.39, 0.29) is 11.6 Å². The molecule has 1 spiro atoms. The number of aryl methyl sites for hydroxylation is 1. The number of nitrogens with zero attached hydrogens (tertiary/aromatic N) is 3. The van der Waals surface area contributed by atoms with Crippen molar-refractivity contribution in [3.63, 3.8) is 0 Å². The Hall–Kier alpha value is -3.00. The zero-order valence-corrected chi connectivity index (χ0v) is 19.6. The fraction of sp³-hybridized carbons (Fsp3) is 0.423. The second-order valence-electron chi connectivity index (χ2n) is 9.64. The number of halogens is 3. The lowest BCUT2D eigenvalue weighted by Gasteiger charge is -2.44. The zero-order valence-electron chi connectivity index (χ0n) is 19.6. The van der Waals surface area contributed by atoms with Crippen LogP contribution in [0.15, 0.2) is 36.5 Å². The van der Waals surface area contributed by atoms with E-state index in [0.29, 0.717) is 28.3 Å². The highest BCUT2D eigenvalue weighted by Gasteiger charge is 2.37. The van der Waals surface area contributed by atoms with Gasteiger partial charge in [0.15, 0.2) is 5.65 Å². The normalized spacial score (nSPS) is 18.5. The first-order valence-electron chi connectivity index (χ1n) is 11.6. The first-order valence-corrected chi connectivity index (χ1v) is 11.6. The highest BCUT2D eigenvalue weighted by Crippen LogP contribution is 2.42. The molecular weight excluding hydrogens is 439 g/mol. The van der Waals surface area contributed by atoms with Crippen molar-refractivity contribution >= 4 is 22.4 Å². The lowest BCUT2D eigenvalue weighted by Crippen LogP contribution is -2.53. The molecule has 1 aromatic carbocycles. The molecular formula is C26H28F3N5. The van der Waals surface area contributed by atoms with E-state index in [1.807, 2.05) is 13.1 Å². The summed E-state index contributed by atoms with van der Waals surface area (Å²) in [5.41, 5.74) is 3.50. The monoisotopic (exact) mass is 467 g/mol. The second kappa shape index (κ2) is 8.34. The maximum absolute atomic E-state index is 13.4. The summed E-state index contributed by atoms with van der Waals surface area (Å²) in [4.78, 5) is 13.7. The van der Waals surface area contributed by atoms with Gasteiger partial charge in [-0.1, -0.05) is 18.2 Å². The van der Waals surface area contributed by atoms with E-state index in [2.05, 4.69) is 37.7 Å². The summed E-state index contributed by atoms with van der Waals surface area (Å²) in [7, 11) is 0. The van der Waals surface area contributed by atoms with Gasteiger partial charge in [0, 0.05) is 19.3 Å². The largest absolute Gasteiger partial charge is 0.416 e. The predicted molar refractivity (Wildman–Crippen MR) is 127 cm³/mol. The molecule has 0 saturated carbocycles. The molecule has 3 heterocycles. The highest BCUT2D eigenvalue weighted by molar-refractivity contribution is 5.89. The molecule has 34 heavy (non-hydrogen) atoms. The van der Waals surface area contributed by atoms with Crippen molar-refractivity contribution in [3.05, 3.63) is 64.6 Å². The number of aromatic nitrogens is 3. The molecule has 2 N–H and O–H groups in total. The maximum Gasteiger partial charge on any atom is 0.416 e. The summed E-state index contributed by atoms with van der Waals surface area (Å²) in [6, 6.07) is 5.96. The van der Waals surface area contributed by atoms with Gasteiger partial charge in [-0.3, -0.25) is 0 Å². The number of benzene rings is 1. The Morgan fingerprint density at radius 1 is 1.15 bits per heavy atom. The molecule has 8 heteroatoms. The first kappa shape index (κ1) is 22.8. The third-order valence-electron chi connectivity index (χ3n) is 7.24. The van der Waals surface area contributed by atoms with Gasteiger partial charge in [0.1, 0.15) is 11.6 Å². The zero-order chi connectivity index (χ0) is 24.1. The molecule has 2 aliphatic rings. The molecule has 1 aliphatic carbocycles. The molecule has 3 aromatic rings. The minimum Gasteiger partial charge on any atom is -0.363 e. The Balaban J connectivity index is 1.48. The minimum atomic E-state index is -4.39. The summed E-state index contributed by atoms with van der Waals surface area (Å²) < 4.78 is 40.3. The van der Waals surface area contributed by atoms with Gasteiger partial charge in [0.25, 0.3) is 0 Å². The molecule has 0 amide bonds. The highest BCUT2D eigenvalue weighted by atomic mass is 19.4.